The largest absolute Gasteiger partial charge is 0.417 e. The molecule has 36 heavy (non-hydrogen) atoms. The van der Waals surface area contributed by atoms with E-state index in [2.05, 4.69) is 5.32 Å². The van der Waals surface area contributed by atoms with Crippen LogP contribution in [-0.2, 0) is 16.6 Å². The fourth-order valence-electron chi connectivity index (χ4n) is 5.54. The zero-order chi connectivity index (χ0) is 26.0. The Balaban J connectivity index is 1.50. The van der Waals surface area contributed by atoms with Crippen molar-refractivity contribution in [3.8, 4) is 0 Å². The lowest BCUT2D eigenvalue weighted by Gasteiger charge is -2.42. The van der Waals surface area contributed by atoms with Crippen LogP contribution in [0.1, 0.15) is 49.7 Å². The van der Waals surface area contributed by atoms with E-state index in [9.17, 15) is 27.5 Å². The third-order valence-electron chi connectivity index (χ3n) is 7.84. The first-order valence-electron chi connectivity index (χ1n) is 12.3. The standard InChI is InChI=1S/C27H31ClF4N2O2/c28-21-7-5-20(6-8-21)25(11-1-2-12-25)24(35)33-18-23(17-19-3-9-22(29)10-4-19)34-15-13-26(36,14-16-34)27(30,31)32/h3-10,23,36H,1-2,11-18H2,(H,33,35)/t23-/m0/s1. The number of aliphatic hydroxyl groups is 1. The molecule has 2 aromatic carbocycles. The summed E-state index contributed by atoms with van der Waals surface area (Å²) in [6, 6.07) is 13.0. The maximum Gasteiger partial charge on any atom is 0.417 e. The lowest BCUT2D eigenvalue weighted by atomic mass is 9.78. The maximum absolute atomic E-state index is 13.6. The highest BCUT2D eigenvalue weighted by Gasteiger charge is 2.55. The van der Waals surface area contributed by atoms with E-state index in [4.69, 9.17) is 11.6 Å². The minimum Gasteiger partial charge on any atom is -0.380 e. The van der Waals surface area contributed by atoms with Crippen LogP contribution in [0.25, 0.3) is 0 Å². The number of nitrogens with one attached hydrogen (secondary N) is 1. The Morgan fingerprint density at radius 3 is 2.14 bits per heavy atom. The van der Waals surface area contributed by atoms with Crippen molar-refractivity contribution in [1.82, 2.24) is 10.2 Å². The molecule has 0 aromatic heterocycles. The van der Waals surface area contributed by atoms with Crippen LogP contribution in [0.2, 0.25) is 5.02 Å². The quantitative estimate of drug-likeness (QED) is 0.475. The third-order valence-corrected chi connectivity index (χ3v) is 8.09. The van der Waals surface area contributed by atoms with E-state index >= 15 is 0 Å². The molecule has 0 spiro atoms. The second-order valence-corrected chi connectivity index (χ2v) is 10.5. The SMILES string of the molecule is O=C(NC[C@H](Cc1ccc(F)cc1)N1CCC(O)(C(F)(F)F)CC1)C1(c2ccc(Cl)cc2)CCCC1. The first kappa shape index (κ1) is 26.9. The van der Waals surface area contributed by atoms with Crippen LogP contribution in [-0.4, -0.2) is 53.4 Å². The Bertz CT molecular complexity index is 1030. The highest BCUT2D eigenvalue weighted by atomic mass is 35.5. The highest BCUT2D eigenvalue weighted by Crippen LogP contribution is 2.42. The summed E-state index contributed by atoms with van der Waals surface area (Å²) >= 11 is 6.05. The molecule has 1 heterocycles. The predicted molar refractivity (Wildman–Crippen MR) is 130 cm³/mol. The summed E-state index contributed by atoms with van der Waals surface area (Å²) in [5.41, 5.74) is -1.63. The van der Waals surface area contributed by atoms with E-state index in [0.29, 0.717) is 24.3 Å². The zero-order valence-corrected chi connectivity index (χ0v) is 20.7. The van der Waals surface area contributed by atoms with Gasteiger partial charge < -0.3 is 10.4 Å². The number of likely N-dealkylation sites (tertiary alicyclic amines) is 1. The Morgan fingerprint density at radius 1 is 1.00 bits per heavy atom. The monoisotopic (exact) mass is 526 g/mol. The molecule has 1 amide bonds. The van der Waals surface area contributed by atoms with Gasteiger partial charge >= 0.3 is 6.18 Å². The molecule has 0 unspecified atom stereocenters. The molecular formula is C27H31ClF4N2O2. The van der Waals surface area contributed by atoms with Crippen molar-refractivity contribution in [2.24, 2.45) is 0 Å². The molecule has 2 N–H and O–H groups in total. The van der Waals surface area contributed by atoms with Gasteiger partial charge in [-0.25, -0.2) is 4.39 Å². The number of alkyl halides is 3. The lowest BCUT2D eigenvalue weighted by molar-refractivity contribution is -0.273. The van der Waals surface area contributed by atoms with Crippen molar-refractivity contribution in [3.63, 3.8) is 0 Å². The average molecular weight is 527 g/mol. The van der Waals surface area contributed by atoms with Gasteiger partial charge in [-0.1, -0.05) is 48.7 Å². The molecule has 1 aliphatic heterocycles. The first-order chi connectivity index (χ1) is 17.0. The van der Waals surface area contributed by atoms with Crippen molar-refractivity contribution >= 4 is 17.5 Å². The van der Waals surface area contributed by atoms with E-state index in [1.807, 2.05) is 17.0 Å². The lowest BCUT2D eigenvalue weighted by Crippen LogP contribution is -2.57. The molecule has 9 heteroatoms. The van der Waals surface area contributed by atoms with E-state index < -0.39 is 30.0 Å². The number of carbonyl (C=O) groups excluding carboxylic acids is 1. The first-order valence-corrected chi connectivity index (χ1v) is 12.7. The van der Waals surface area contributed by atoms with E-state index in [-0.39, 0.29) is 37.4 Å². The molecule has 4 nitrogen and oxygen atoms in total. The highest BCUT2D eigenvalue weighted by molar-refractivity contribution is 6.30. The van der Waals surface area contributed by atoms with Crippen LogP contribution in [0, 0.1) is 5.82 Å². The van der Waals surface area contributed by atoms with Gasteiger partial charge in [-0.15, -0.1) is 0 Å². The van der Waals surface area contributed by atoms with Gasteiger partial charge in [-0.3, -0.25) is 9.69 Å². The summed E-state index contributed by atoms with van der Waals surface area (Å²) in [5.74, 6) is -0.474. The summed E-state index contributed by atoms with van der Waals surface area (Å²) in [5, 5.41) is 13.8. The molecule has 2 aliphatic rings. The van der Waals surface area contributed by atoms with Crippen LogP contribution in [0.3, 0.4) is 0 Å². The number of amides is 1. The fraction of sp³-hybridized carbons (Fsp3) is 0.519. The molecule has 2 fully saturated rings. The number of hydrogen-bond donors (Lipinski definition) is 2. The predicted octanol–water partition coefficient (Wildman–Crippen LogP) is 5.41. The van der Waals surface area contributed by atoms with E-state index in [0.717, 1.165) is 24.0 Å². The average Bonchev–Trinajstić information content (AvgIpc) is 3.34. The van der Waals surface area contributed by atoms with Gasteiger partial charge in [-0.2, -0.15) is 13.2 Å². The van der Waals surface area contributed by atoms with Gasteiger partial charge in [-0.05, 0) is 67.5 Å². The van der Waals surface area contributed by atoms with Crippen LogP contribution in [0.5, 0.6) is 0 Å². The van der Waals surface area contributed by atoms with Gasteiger partial charge in [0.2, 0.25) is 5.91 Å². The summed E-state index contributed by atoms with van der Waals surface area (Å²) < 4.78 is 53.4. The molecule has 1 atom stereocenters. The molecule has 0 radical (unpaired) electrons. The second-order valence-electron chi connectivity index (χ2n) is 10.1. The second kappa shape index (κ2) is 10.7. The topological polar surface area (TPSA) is 52.6 Å². The van der Waals surface area contributed by atoms with Crippen LogP contribution in [0.15, 0.2) is 48.5 Å². The number of benzene rings is 2. The maximum atomic E-state index is 13.6. The summed E-state index contributed by atoms with van der Waals surface area (Å²) in [6.07, 6.45) is -1.84. The van der Waals surface area contributed by atoms with E-state index in [1.165, 1.54) is 12.1 Å². The normalized spacial score (nSPS) is 20.7. The van der Waals surface area contributed by atoms with Crippen molar-refractivity contribution < 1.29 is 27.5 Å². The smallest absolute Gasteiger partial charge is 0.380 e. The third kappa shape index (κ3) is 5.71. The van der Waals surface area contributed by atoms with Crippen LogP contribution in [0.4, 0.5) is 17.6 Å². The van der Waals surface area contributed by atoms with Crippen LogP contribution >= 0.6 is 11.6 Å². The molecule has 4 rings (SSSR count). The van der Waals surface area contributed by atoms with Crippen molar-refractivity contribution in [2.75, 3.05) is 19.6 Å². The van der Waals surface area contributed by atoms with Crippen molar-refractivity contribution in [2.45, 2.75) is 68.2 Å². The Hall–Kier alpha value is -2.16. The van der Waals surface area contributed by atoms with Gasteiger partial charge in [0.25, 0.3) is 0 Å². The van der Waals surface area contributed by atoms with Gasteiger partial charge in [0.05, 0.1) is 5.41 Å². The molecule has 1 aliphatic carbocycles. The Morgan fingerprint density at radius 2 is 1.58 bits per heavy atom. The Kier molecular flexibility index (Phi) is 7.98. The molecule has 0 bridgehead atoms. The van der Waals surface area contributed by atoms with Crippen molar-refractivity contribution in [1.29, 1.82) is 0 Å². The molecular weight excluding hydrogens is 496 g/mol. The minimum absolute atomic E-state index is 0.0417. The molecule has 1 saturated carbocycles. The van der Waals surface area contributed by atoms with Gasteiger partial charge in [0, 0.05) is 30.7 Å². The minimum atomic E-state index is -4.69. The Labute approximate surface area is 213 Å². The number of halogens is 5. The molecule has 196 valence electrons. The molecule has 1 saturated heterocycles. The molecule has 2 aromatic rings. The number of rotatable bonds is 7. The van der Waals surface area contributed by atoms with Gasteiger partial charge in [0.1, 0.15) is 5.82 Å². The van der Waals surface area contributed by atoms with Crippen LogP contribution < -0.4 is 5.32 Å². The summed E-state index contributed by atoms with van der Waals surface area (Å²) in [6.45, 7) is 0.316. The van der Waals surface area contributed by atoms with Crippen molar-refractivity contribution in [3.05, 3.63) is 70.5 Å². The fourth-order valence-corrected chi connectivity index (χ4v) is 5.67. The number of piperidine rings is 1. The number of carbonyl (C=O) groups is 1. The zero-order valence-electron chi connectivity index (χ0n) is 20.0. The summed E-state index contributed by atoms with van der Waals surface area (Å²) in [7, 11) is 0. The summed E-state index contributed by atoms with van der Waals surface area (Å²) in [4.78, 5) is 15.5. The van der Waals surface area contributed by atoms with E-state index in [1.54, 1.807) is 24.3 Å². The van der Waals surface area contributed by atoms with Gasteiger partial charge in [0.15, 0.2) is 5.60 Å². The number of hydrogen-bond acceptors (Lipinski definition) is 3. The number of nitrogens with zero attached hydrogens (tertiary/aromatic N) is 1.